The van der Waals surface area contributed by atoms with Crippen molar-refractivity contribution in [2.45, 2.75) is 18.9 Å². The third-order valence-corrected chi connectivity index (χ3v) is 4.34. The van der Waals surface area contributed by atoms with E-state index in [0.717, 1.165) is 17.7 Å². The number of hydrogen-bond donors (Lipinski definition) is 1. The minimum atomic E-state index is -0.521. The molecule has 1 N–H and O–H groups in total. The highest BCUT2D eigenvalue weighted by Crippen LogP contribution is 2.33. The highest BCUT2D eigenvalue weighted by atomic mass is 16.5. The first-order valence-corrected chi connectivity index (χ1v) is 8.45. The second-order valence-corrected chi connectivity index (χ2v) is 6.03. The zero-order valence-electron chi connectivity index (χ0n) is 14.3. The molecule has 0 radical (unpaired) electrons. The average molecular weight is 338 g/mol. The average Bonchev–Trinajstić information content (AvgIpc) is 3.05. The third-order valence-electron chi connectivity index (χ3n) is 4.34. The Labute approximate surface area is 147 Å². The van der Waals surface area contributed by atoms with Crippen molar-refractivity contribution in [1.29, 1.82) is 0 Å². The number of anilines is 1. The molecule has 0 aromatic heterocycles. The van der Waals surface area contributed by atoms with Gasteiger partial charge in [0.05, 0.1) is 0 Å². The summed E-state index contributed by atoms with van der Waals surface area (Å²) in [6.45, 7) is 1.13. The lowest BCUT2D eigenvalue weighted by Crippen LogP contribution is -2.48. The number of rotatable bonds is 6. The Kier molecular flexibility index (Phi) is 5.46. The van der Waals surface area contributed by atoms with Crippen LogP contribution in [0.5, 0.6) is 0 Å². The molecule has 0 spiro atoms. The number of nitrogens with one attached hydrogen (secondary N) is 1. The van der Waals surface area contributed by atoms with Crippen molar-refractivity contribution < 1.29 is 14.3 Å². The highest BCUT2D eigenvalue weighted by Gasteiger charge is 2.38. The quantitative estimate of drug-likeness (QED) is 0.823. The molecule has 25 heavy (non-hydrogen) atoms. The number of amides is 2. The Morgan fingerprint density at radius 3 is 2.60 bits per heavy atom. The SMILES string of the molecule is COCCCNC(=O)[C@H]1Cc2ccccc2N1C(=O)c1ccccc1. The molecule has 1 aliphatic rings. The van der Waals surface area contributed by atoms with Crippen LogP contribution in [0.4, 0.5) is 5.69 Å². The molecule has 0 bridgehead atoms. The van der Waals surface area contributed by atoms with Crippen LogP contribution in [0.3, 0.4) is 0 Å². The lowest BCUT2D eigenvalue weighted by atomic mass is 10.1. The molecular formula is C20H22N2O3. The van der Waals surface area contributed by atoms with Crippen LogP contribution in [0.1, 0.15) is 22.3 Å². The van der Waals surface area contributed by atoms with E-state index in [1.165, 1.54) is 0 Å². The number of fused-ring (bicyclic) bond motifs is 1. The van der Waals surface area contributed by atoms with Crippen molar-refractivity contribution in [1.82, 2.24) is 5.32 Å². The maximum Gasteiger partial charge on any atom is 0.259 e. The van der Waals surface area contributed by atoms with Crippen molar-refractivity contribution >= 4 is 17.5 Å². The summed E-state index contributed by atoms with van der Waals surface area (Å²) < 4.78 is 5.00. The summed E-state index contributed by atoms with van der Waals surface area (Å²) in [6, 6.07) is 16.2. The van der Waals surface area contributed by atoms with Crippen LogP contribution in [0.25, 0.3) is 0 Å². The van der Waals surface area contributed by atoms with E-state index in [4.69, 9.17) is 4.74 Å². The molecule has 0 saturated carbocycles. The fourth-order valence-corrected chi connectivity index (χ4v) is 3.11. The van der Waals surface area contributed by atoms with Crippen LogP contribution in [-0.4, -0.2) is 38.1 Å². The van der Waals surface area contributed by atoms with Crippen molar-refractivity contribution in [2.24, 2.45) is 0 Å². The van der Waals surface area contributed by atoms with Gasteiger partial charge in [-0.3, -0.25) is 14.5 Å². The first-order valence-electron chi connectivity index (χ1n) is 8.45. The van der Waals surface area contributed by atoms with Crippen molar-refractivity contribution in [2.75, 3.05) is 25.2 Å². The van der Waals surface area contributed by atoms with Gasteiger partial charge in [-0.15, -0.1) is 0 Å². The number of carbonyl (C=O) groups excluding carboxylic acids is 2. The van der Waals surface area contributed by atoms with Gasteiger partial charge < -0.3 is 10.1 Å². The fraction of sp³-hybridized carbons (Fsp3) is 0.300. The molecule has 2 aromatic carbocycles. The number of nitrogens with zero attached hydrogens (tertiary/aromatic N) is 1. The van der Waals surface area contributed by atoms with Crippen LogP contribution >= 0.6 is 0 Å². The molecule has 0 aliphatic carbocycles. The smallest absolute Gasteiger partial charge is 0.259 e. The van der Waals surface area contributed by atoms with E-state index in [-0.39, 0.29) is 11.8 Å². The highest BCUT2D eigenvalue weighted by molar-refractivity contribution is 6.11. The summed E-state index contributed by atoms with van der Waals surface area (Å²) in [5.41, 5.74) is 2.41. The van der Waals surface area contributed by atoms with Crippen molar-refractivity contribution in [3.8, 4) is 0 Å². The van der Waals surface area contributed by atoms with Gasteiger partial charge in [0.15, 0.2) is 0 Å². The predicted octanol–water partition coefficient (Wildman–Crippen LogP) is 2.41. The molecule has 0 unspecified atom stereocenters. The second kappa shape index (κ2) is 7.94. The van der Waals surface area contributed by atoms with E-state index in [2.05, 4.69) is 5.32 Å². The Balaban J connectivity index is 1.82. The van der Waals surface area contributed by atoms with Crippen molar-refractivity contribution in [3.63, 3.8) is 0 Å². The van der Waals surface area contributed by atoms with Crippen LogP contribution in [0.2, 0.25) is 0 Å². The summed E-state index contributed by atoms with van der Waals surface area (Å²) in [4.78, 5) is 27.3. The van der Waals surface area contributed by atoms with Crippen molar-refractivity contribution in [3.05, 3.63) is 65.7 Å². The minimum Gasteiger partial charge on any atom is -0.385 e. The van der Waals surface area contributed by atoms with E-state index >= 15 is 0 Å². The van der Waals surface area contributed by atoms with Gasteiger partial charge in [-0.1, -0.05) is 36.4 Å². The number of methoxy groups -OCH3 is 1. The largest absolute Gasteiger partial charge is 0.385 e. The molecule has 5 nitrogen and oxygen atoms in total. The molecule has 1 atom stereocenters. The Morgan fingerprint density at radius 1 is 1.12 bits per heavy atom. The van der Waals surface area contributed by atoms with Gasteiger partial charge in [0, 0.05) is 37.9 Å². The predicted molar refractivity (Wildman–Crippen MR) is 96.7 cm³/mol. The van der Waals surface area contributed by atoms with E-state index in [1.807, 2.05) is 42.5 Å². The molecule has 0 fully saturated rings. The molecule has 0 saturated heterocycles. The van der Waals surface area contributed by atoms with E-state index in [9.17, 15) is 9.59 Å². The van der Waals surface area contributed by atoms with E-state index < -0.39 is 6.04 Å². The number of carbonyl (C=O) groups is 2. The van der Waals surface area contributed by atoms with Crippen LogP contribution < -0.4 is 10.2 Å². The van der Waals surface area contributed by atoms with E-state index in [1.54, 1.807) is 24.1 Å². The summed E-state index contributed by atoms with van der Waals surface area (Å²) >= 11 is 0. The van der Waals surface area contributed by atoms with Gasteiger partial charge >= 0.3 is 0 Å². The topological polar surface area (TPSA) is 58.6 Å². The van der Waals surface area contributed by atoms with Gasteiger partial charge in [-0.2, -0.15) is 0 Å². The van der Waals surface area contributed by atoms with Crippen LogP contribution in [0, 0.1) is 0 Å². The number of para-hydroxylation sites is 1. The maximum absolute atomic E-state index is 13.0. The molecule has 2 aromatic rings. The van der Waals surface area contributed by atoms with Gasteiger partial charge in [0.1, 0.15) is 6.04 Å². The van der Waals surface area contributed by atoms with Gasteiger partial charge in [0.25, 0.3) is 5.91 Å². The Hall–Kier alpha value is -2.66. The normalized spacial score (nSPS) is 15.7. The molecule has 2 amide bonds. The standard InChI is InChI=1S/C20H22N2O3/c1-25-13-7-12-21-19(23)18-14-16-10-5-6-11-17(16)22(18)20(24)15-8-3-2-4-9-15/h2-6,8-11,18H,7,12-14H2,1H3,(H,21,23)/t18-/m1/s1. The molecular weight excluding hydrogens is 316 g/mol. The minimum absolute atomic E-state index is 0.128. The number of hydrogen-bond acceptors (Lipinski definition) is 3. The molecule has 1 aliphatic heterocycles. The first-order chi connectivity index (χ1) is 12.2. The summed E-state index contributed by atoms with van der Waals surface area (Å²) in [6.07, 6.45) is 1.28. The number of ether oxygens (including phenoxy) is 1. The maximum atomic E-state index is 13.0. The third kappa shape index (κ3) is 3.72. The zero-order chi connectivity index (χ0) is 17.6. The zero-order valence-corrected chi connectivity index (χ0v) is 14.3. The van der Waals surface area contributed by atoms with Gasteiger partial charge in [-0.25, -0.2) is 0 Å². The molecule has 130 valence electrons. The Morgan fingerprint density at radius 2 is 1.84 bits per heavy atom. The lowest BCUT2D eigenvalue weighted by Gasteiger charge is -2.25. The fourth-order valence-electron chi connectivity index (χ4n) is 3.11. The Bertz CT molecular complexity index is 746. The summed E-state index contributed by atoms with van der Waals surface area (Å²) in [5.74, 6) is -0.279. The molecule has 3 rings (SSSR count). The summed E-state index contributed by atoms with van der Waals surface area (Å²) in [5, 5.41) is 2.92. The van der Waals surface area contributed by atoms with Gasteiger partial charge in [-0.05, 0) is 30.2 Å². The van der Waals surface area contributed by atoms with Gasteiger partial charge in [0.2, 0.25) is 5.91 Å². The summed E-state index contributed by atoms with van der Waals surface area (Å²) in [7, 11) is 1.63. The lowest BCUT2D eigenvalue weighted by molar-refractivity contribution is -0.122. The first kappa shape index (κ1) is 17.2. The second-order valence-electron chi connectivity index (χ2n) is 6.03. The molecule has 5 heteroatoms. The van der Waals surface area contributed by atoms with Crippen LogP contribution in [-0.2, 0) is 16.0 Å². The number of benzene rings is 2. The van der Waals surface area contributed by atoms with Crippen LogP contribution in [0.15, 0.2) is 54.6 Å². The molecule has 1 heterocycles. The monoisotopic (exact) mass is 338 g/mol. The van der Waals surface area contributed by atoms with E-state index in [0.29, 0.717) is 25.1 Å².